The molecule has 0 radical (unpaired) electrons. The van der Waals surface area contributed by atoms with Gasteiger partial charge in [0.05, 0.1) is 4.83 Å². The molecule has 0 saturated heterocycles. The molecule has 0 spiro atoms. The molecule has 1 aromatic heterocycles. The van der Waals surface area contributed by atoms with Crippen molar-refractivity contribution in [2.45, 2.75) is 25.6 Å². The molecule has 17 heavy (non-hydrogen) atoms. The molecule has 0 N–H and O–H groups in total. The van der Waals surface area contributed by atoms with Crippen molar-refractivity contribution in [3.63, 3.8) is 0 Å². The van der Waals surface area contributed by atoms with Gasteiger partial charge in [-0.05, 0) is 49.6 Å². The smallest absolute Gasteiger partial charge is 0.0740 e. The van der Waals surface area contributed by atoms with Crippen LogP contribution >= 0.6 is 38.9 Å². The Hall–Kier alpha value is -0.310. The fourth-order valence-corrected chi connectivity index (χ4v) is 3.97. The van der Waals surface area contributed by atoms with Gasteiger partial charge in [-0.1, -0.05) is 39.7 Å². The van der Waals surface area contributed by atoms with E-state index in [2.05, 4.69) is 48.0 Å². The van der Waals surface area contributed by atoms with Crippen molar-refractivity contribution in [3.05, 3.63) is 55.7 Å². The molecule has 2 rings (SSSR count). The molecule has 0 amide bonds. The maximum absolute atomic E-state index is 6.05. The van der Waals surface area contributed by atoms with Crippen LogP contribution in [-0.4, -0.2) is 0 Å². The Morgan fingerprint density at radius 3 is 2.35 bits per heavy atom. The lowest BCUT2D eigenvalue weighted by molar-refractivity contribution is 1.18. The molecule has 0 nitrogen and oxygen atoms in total. The fraction of sp³-hybridized carbons (Fsp3) is 0.286. The van der Waals surface area contributed by atoms with Crippen LogP contribution in [0.15, 0.2) is 24.3 Å². The number of halogens is 2. The minimum Gasteiger partial charge on any atom is -0.144 e. The molecule has 0 aliphatic heterocycles. The summed E-state index contributed by atoms with van der Waals surface area (Å²) in [7, 11) is 0. The Labute approximate surface area is 120 Å². The largest absolute Gasteiger partial charge is 0.144 e. The Morgan fingerprint density at radius 2 is 1.82 bits per heavy atom. The van der Waals surface area contributed by atoms with Crippen LogP contribution < -0.4 is 0 Å². The highest BCUT2D eigenvalue weighted by molar-refractivity contribution is 9.09. The van der Waals surface area contributed by atoms with Gasteiger partial charge in [-0.25, -0.2) is 0 Å². The summed E-state index contributed by atoms with van der Waals surface area (Å²) >= 11 is 11.7. The van der Waals surface area contributed by atoms with Crippen LogP contribution in [0.1, 0.15) is 31.3 Å². The molecule has 0 aliphatic rings. The quantitative estimate of drug-likeness (QED) is 0.610. The summed E-state index contributed by atoms with van der Waals surface area (Å²) in [6.07, 6.45) is 0. The normalized spacial score (nSPS) is 12.8. The lowest BCUT2D eigenvalue weighted by atomic mass is 10.1. The molecule has 3 heteroatoms. The molecule has 90 valence electrons. The zero-order valence-corrected chi connectivity index (χ0v) is 13.2. The van der Waals surface area contributed by atoms with E-state index in [1.165, 1.54) is 20.9 Å². The Bertz CT molecular complexity index is 545. The number of aryl methyl sites for hydroxylation is 3. The molecule has 1 heterocycles. The SMILES string of the molecule is Cc1cc(C)c(C(Br)c2ccc(Cl)c(C)c2)s1. The standard InChI is InChI=1S/C14H14BrClS/c1-8-7-11(4-5-12(8)16)13(15)14-9(2)6-10(3)17-14/h4-7,13H,1-3H3. The minimum absolute atomic E-state index is 0.261. The Balaban J connectivity index is 2.40. The van der Waals surface area contributed by atoms with Crippen LogP contribution in [0.2, 0.25) is 5.02 Å². The third kappa shape index (κ3) is 2.75. The van der Waals surface area contributed by atoms with Gasteiger partial charge in [-0.15, -0.1) is 11.3 Å². The van der Waals surface area contributed by atoms with E-state index in [1.54, 1.807) is 0 Å². The molecule has 2 aromatic rings. The van der Waals surface area contributed by atoms with E-state index in [4.69, 9.17) is 11.6 Å². The minimum atomic E-state index is 0.261. The maximum atomic E-state index is 6.05. The summed E-state index contributed by atoms with van der Waals surface area (Å²) in [6.45, 7) is 6.35. The maximum Gasteiger partial charge on any atom is 0.0740 e. The second kappa shape index (κ2) is 5.13. The summed E-state index contributed by atoms with van der Waals surface area (Å²) in [5.41, 5.74) is 3.73. The summed E-state index contributed by atoms with van der Waals surface area (Å²) in [6, 6.07) is 8.44. The lowest BCUT2D eigenvalue weighted by Crippen LogP contribution is -1.92. The van der Waals surface area contributed by atoms with Crippen molar-refractivity contribution in [1.82, 2.24) is 0 Å². The van der Waals surface area contributed by atoms with E-state index in [0.29, 0.717) is 0 Å². The number of rotatable bonds is 2. The average Bonchev–Trinajstić information content (AvgIpc) is 2.61. The van der Waals surface area contributed by atoms with Gasteiger partial charge in [0.1, 0.15) is 0 Å². The van der Waals surface area contributed by atoms with E-state index < -0.39 is 0 Å². The number of hydrogen-bond donors (Lipinski definition) is 0. The second-order valence-corrected chi connectivity index (χ2v) is 6.89. The van der Waals surface area contributed by atoms with Gasteiger partial charge in [-0.3, -0.25) is 0 Å². The third-order valence-corrected chi connectivity index (χ3v) is 5.72. The number of hydrogen-bond acceptors (Lipinski definition) is 1. The van der Waals surface area contributed by atoms with E-state index in [1.807, 2.05) is 24.3 Å². The summed E-state index contributed by atoms with van der Waals surface area (Å²) in [4.78, 5) is 2.99. The highest BCUT2D eigenvalue weighted by atomic mass is 79.9. The molecule has 1 atom stereocenters. The molecule has 1 aromatic carbocycles. The first-order valence-corrected chi connectivity index (χ1v) is 7.57. The van der Waals surface area contributed by atoms with Crippen LogP contribution in [0, 0.1) is 20.8 Å². The number of thiophene rings is 1. The van der Waals surface area contributed by atoms with Gasteiger partial charge in [0.15, 0.2) is 0 Å². The van der Waals surface area contributed by atoms with Gasteiger partial charge in [-0.2, -0.15) is 0 Å². The molecular weight excluding hydrogens is 316 g/mol. The van der Waals surface area contributed by atoms with Crippen molar-refractivity contribution in [2.75, 3.05) is 0 Å². The first-order valence-electron chi connectivity index (χ1n) is 5.46. The Morgan fingerprint density at radius 1 is 1.12 bits per heavy atom. The van der Waals surface area contributed by atoms with Crippen molar-refractivity contribution >= 4 is 38.9 Å². The van der Waals surface area contributed by atoms with Gasteiger partial charge in [0.25, 0.3) is 0 Å². The van der Waals surface area contributed by atoms with Crippen LogP contribution in [0.25, 0.3) is 0 Å². The summed E-state index contributed by atoms with van der Waals surface area (Å²) in [5.74, 6) is 0. The summed E-state index contributed by atoms with van der Waals surface area (Å²) in [5, 5.41) is 0.826. The van der Waals surface area contributed by atoms with Gasteiger partial charge in [0.2, 0.25) is 0 Å². The third-order valence-electron chi connectivity index (χ3n) is 2.78. The van der Waals surface area contributed by atoms with Crippen molar-refractivity contribution < 1.29 is 0 Å². The van der Waals surface area contributed by atoms with Crippen LogP contribution in [0.3, 0.4) is 0 Å². The van der Waals surface area contributed by atoms with Gasteiger partial charge >= 0.3 is 0 Å². The first kappa shape index (κ1) is 13.1. The van der Waals surface area contributed by atoms with E-state index in [-0.39, 0.29) is 4.83 Å². The number of benzene rings is 1. The molecular formula is C14H14BrClS. The lowest BCUT2D eigenvalue weighted by Gasteiger charge is -2.11. The van der Waals surface area contributed by atoms with E-state index in [9.17, 15) is 0 Å². The van der Waals surface area contributed by atoms with Crippen LogP contribution in [-0.2, 0) is 0 Å². The average molecular weight is 330 g/mol. The molecule has 0 bridgehead atoms. The molecule has 0 saturated carbocycles. The van der Waals surface area contributed by atoms with E-state index in [0.717, 1.165) is 10.6 Å². The second-order valence-electron chi connectivity index (χ2n) is 4.28. The monoisotopic (exact) mass is 328 g/mol. The zero-order chi connectivity index (χ0) is 12.6. The first-order chi connectivity index (χ1) is 7.99. The molecule has 0 aliphatic carbocycles. The van der Waals surface area contributed by atoms with Crippen molar-refractivity contribution in [2.24, 2.45) is 0 Å². The van der Waals surface area contributed by atoms with Gasteiger partial charge in [0, 0.05) is 14.8 Å². The predicted molar refractivity (Wildman–Crippen MR) is 80.8 cm³/mol. The van der Waals surface area contributed by atoms with E-state index >= 15 is 0 Å². The fourth-order valence-electron chi connectivity index (χ4n) is 1.89. The molecule has 0 fully saturated rings. The predicted octanol–water partition coefficient (Wildman–Crippen LogP) is 5.81. The molecule has 1 unspecified atom stereocenters. The highest BCUT2D eigenvalue weighted by Gasteiger charge is 2.15. The van der Waals surface area contributed by atoms with Crippen molar-refractivity contribution in [3.8, 4) is 0 Å². The highest BCUT2D eigenvalue weighted by Crippen LogP contribution is 2.38. The summed E-state index contributed by atoms with van der Waals surface area (Å²) < 4.78 is 0. The van der Waals surface area contributed by atoms with Crippen LogP contribution in [0.4, 0.5) is 0 Å². The van der Waals surface area contributed by atoms with Gasteiger partial charge < -0.3 is 0 Å². The van der Waals surface area contributed by atoms with Crippen molar-refractivity contribution in [1.29, 1.82) is 0 Å². The topological polar surface area (TPSA) is 0 Å². The number of alkyl halides is 1. The Kier molecular flexibility index (Phi) is 3.96. The zero-order valence-electron chi connectivity index (χ0n) is 10.1. The van der Waals surface area contributed by atoms with Crippen LogP contribution in [0.5, 0.6) is 0 Å².